The van der Waals surface area contributed by atoms with Gasteiger partial charge in [0.25, 0.3) is 5.91 Å². The van der Waals surface area contributed by atoms with Crippen LogP contribution in [0, 0.1) is 10.1 Å². The number of alkyl halides is 3. The van der Waals surface area contributed by atoms with Gasteiger partial charge in [-0.15, -0.1) is 0 Å². The lowest BCUT2D eigenvalue weighted by atomic mass is 10.2. The van der Waals surface area contributed by atoms with Crippen molar-refractivity contribution in [3.05, 3.63) is 63.2 Å². The summed E-state index contributed by atoms with van der Waals surface area (Å²) in [5.41, 5.74) is -1.58. The van der Waals surface area contributed by atoms with Crippen molar-refractivity contribution in [2.75, 3.05) is 25.5 Å². The highest BCUT2D eigenvalue weighted by Crippen LogP contribution is 2.36. The number of carbonyl (C=O) groups excluding carboxylic acids is 2. The molecule has 0 saturated carbocycles. The van der Waals surface area contributed by atoms with Gasteiger partial charge in [0.2, 0.25) is 5.91 Å². The van der Waals surface area contributed by atoms with E-state index in [1.165, 1.54) is 37.4 Å². The van der Waals surface area contributed by atoms with Gasteiger partial charge in [0, 0.05) is 18.8 Å². The summed E-state index contributed by atoms with van der Waals surface area (Å²) in [7, 11) is 1.27. The fourth-order valence-corrected chi connectivity index (χ4v) is 2.53. The van der Waals surface area contributed by atoms with Crippen molar-refractivity contribution in [2.24, 2.45) is 0 Å². The van der Waals surface area contributed by atoms with Crippen LogP contribution in [0.4, 0.5) is 24.5 Å². The van der Waals surface area contributed by atoms with Crippen molar-refractivity contribution in [1.82, 2.24) is 4.90 Å². The first-order chi connectivity index (χ1) is 14.0. The van der Waals surface area contributed by atoms with Crippen molar-refractivity contribution >= 4 is 34.8 Å². The monoisotopic (exact) mass is 445 g/mol. The molecular formula is C18H15ClF3N3O5. The second kappa shape index (κ2) is 9.44. The van der Waals surface area contributed by atoms with Gasteiger partial charge in [-0.05, 0) is 24.3 Å². The number of hydrogen-bond acceptors (Lipinski definition) is 5. The van der Waals surface area contributed by atoms with Gasteiger partial charge in [-0.3, -0.25) is 19.7 Å². The zero-order chi connectivity index (χ0) is 22.5. The third kappa shape index (κ3) is 6.08. The number of likely N-dealkylation sites (N-methyl/N-ethyl adjacent to an activating group) is 1. The van der Waals surface area contributed by atoms with E-state index in [2.05, 4.69) is 5.32 Å². The second-order valence-electron chi connectivity index (χ2n) is 6.00. The third-order valence-corrected chi connectivity index (χ3v) is 4.10. The molecule has 0 atom stereocenters. The van der Waals surface area contributed by atoms with E-state index in [1.807, 2.05) is 0 Å². The van der Waals surface area contributed by atoms with E-state index in [0.717, 1.165) is 11.0 Å². The number of anilines is 1. The number of hydrogen-bond donors (Lipinski definition) is 1. The molecule has 0 saturated heterocycles. The first-order valence-corrected chi connectivity index (χ1v) is 8.63. The van der Waals surface area contributed by atoms with E-state index >= 15 is 0 Å². The highest BCUT2D eigenvalue weighted by molar-refractivity contribution is 6.31. The predicted molar refractivity (Wildman–Crippen MR) is 101 cm³/mol. The Morgan fingerprint density at radius 2 is 1.90 bits per heavy atom. The van der Waals surface area contributed by atoms with Gasteiger partial charge < -0.3 is 15.0 Å². The summed E-state index contributed by atoms with van der Waals surface area (Å²) in [5, 5.41) is 12.7. The number of rotatable bonds is 7. The van der Waals surface area contributed by atoms with E-state index < -0.39 is 46.7 Å². The van der Waals surface area contributed by atoms with Crippen LogP contribution < -0.4 is 10.1 Å². The predicted octanol–water partition coefficient (Wildman–Crippen LogP) is 3.74. The number of ether oxygens (including phenoxy) is 1. The van der Waals surface area contributed by atoms with E-state index in [1.54, 1.807) is 0 Å². The highest BCUT2D eigenvalue weighted by Gasteiger charge is 2.33. The van der Waals surface area contributed by atoms with E-state index in [-0.39, 0.29) is 17.1 Å². The average Bonchev–Trinajstić information content (AvgIpc) is 2.66. The largest absolute Gasteiger partial charge is 0.477 e. The highest BCUT2D eigenvalue weighted by atomic mass is 35.5. The zero-order valence-electron chi connectivity index (χ0n) is 15.4. The van der Waals surface area contributed by atoms with Gasteiger partial charge in [0.05, 0.1) is 22.1 Å². The number of para-hydroxylation sites is 2. The molecule has 2 aromatic carbocycles. The molecule has 12 heteroatoms. The standard InChI is InChI=1S/C18H15ClF3N3O5/c1-24(17(27)10-30-15-5-3-2-4-14(15)25(28)29)9-16(26)23-11-6-7-13(19)12(8-11)18(20,21)22/h2-8H,9-10H2,1H3,(H,23,26). The van der Waals surface area contributed by atoms with Crippen LogP contribution in [-0.2, 0) is 15.8 Å². The normalized spacial score (nSPS) is 11.0. The minimum atomic E-state index is -4.69. The first kappa shape index (κ1) is 22.9. The summed E-state index contributed by atoms with van der Waals surface area (Å²) >= 11 is 5.52. The van der Waals surface area contributed by atoms with Gasteiger partial charge >= 0.3 is 11.9 Å². The molecule has 0 fully saturated rings. The van der Waals surface area contributed by atoms with Crippen LogP contribution in [-0.4, -0.2) is 41.8 Å². The van der Waals surface area contributed by atoms with E-state index in [4.69, 9.17) is 16.3 Å². The lowest BCUT2D eigenvalue weighted by Gasteiger charge is -2.17. The molecule has 2 amide bonds. The second-order valence-corrected chi connectivity index (χ2v) is 6.41. The lowest BCUT2D eigenvalue weighted by Crippen LogP contribution is -2.37. The smallest absolute Gasteiger partial charge is 0.417 e. The maximum absolute atomic E-state index is 12.9. The Labute approximate surface area is 173 Å². The molecule has 8 nitrogen and oxygen atoms in total. The molecule has 0 heterocycles. The van der Waals surface area contributed by atoms with Gasteiger partial charge in [0.1, 0.15) is 0 Å². The van der Waals surface area contributed by atoms with Crippen molar-refractivity contribution in [3.8, 4) is 5.75 Å². The topological polar surface area (TPSA) is 102 Å². The van der Waals surface area contributed by atoms with Gasteiger partial charge in [-0.25, -0.2) is 0 Å². The summed E-state index contributed by atoms with van der Waals surface area (Å²) in [4.78, 5) is 35.4. The molecule has 0 aliphatic heterocycles. The van der Waals surface area contributed by atoms with Crippen LogP contribution in [0.15, 0.2) is 42.5 Å². The van der Waals surface area contributed by atoms with Crippen LogP contribution in [0.5, 0.6) is 5.75 Å². The van der Waals surface area contributed by atoms with Gasteiger partial charge in [0.15, 0.2) is 12.4 Å². The van der Waals surface area contributed by atoms with Crippen molar-refractivity contribution in [1.29, 1.82) is 0 Å². The molecule has 2 rings (SSSR count). The molecule has 30 heavy (non-hydrogen) atoms. The van der Waals surface area contributed by atoms with Crippen molar-refractivity contribution in [3.63, 3.8) is 0 Å². The molecule has 0 unspecified atom stereocenters. The summed E-state index contributed by atoms with van der Waals surface area (Å²) in [6.45, 7) is -1.06. The van der Waals surface area contributed by atoms with E-state index in [0.29, 0.717) is 6.07 Å². The fraction of sp³-hybridized carbons (Fsp3) is 0.222. The summed E-state index contributed by atoms with van der Waals surface area (Å²) < 4.78 is 43.8. The van der Waals surface area contributed by atoms with Crippen LogP contribution in [0.1, 0.15) is 5.56 Å². The molecule has 1 N–H and O–H groups in total. The maximum atomic E-state index is 12.9. The number of halogens is 4. The summed E-state index contributed by atoms with van der Waals surface area (Å²) in [6.07, 6.45) is -4.69. The number of nitro benzene ring substituents is 1. The third-order valence-electron chi connectivity index (χ3n) is 3.78. The molecule has 0 aliphatic rings. The Morgan fingerprint density at radius 3 is 2.53 bits per heavy atom. The minimum Gasteiger partial charge on any atom is -0.477 e. The maximum Gasteiger partial charge on any atom is 0.417 e. The Bertz CT molecular complexity index is 968. The minimum absolute atomic E-state index is 0.116. The SMILES string of the molecule is CN(CC(=O)Nc1ccc(Cl)c(C(F)(F)F)c1)C(=O)COc1ccccc1[N+](=O)[O-]. The molecule has 0 aromatic heterocycles. The fourth-order valence-electron chi connectivity index (χ4n) is 2.30. The van der Waals surface area contributed by atoms with Crippen LogP contribution in [0.2, 0.25) is 5.02 Å². The lowest BCUT2D eigenvalue weighted by molar-refractivity contribution is -0.385. The van der Waals surface area contributed by atoms with Crippen molar-refractivity contribution < 1.29 is 32.4 Å². The number of nitro groups is 1. The van der Waals surface area contributed by atoms with Gasteiger partial charge in [-0.2, -0.15) is 13.2 Å². The zero-order valence-corrected chi connectivity index (χ0v) is 16.2. The Balaban J connectivity index is 1.94. The molecule has 0 spiro atoms. The van der Waals surface area contributed by atoms with Crippen LogP contribution in [0.25, 0.3) is 0 Å². The Kier molecular flexibility index (Phi) is 7.22. The number of amides is 2. The van der Waals surface area contributed by atoms with E-state index in [9.17, 15) is 32.9 Å². The molecule has 2 aromatic rings. The quantitative estimate of drug-likeness (QED) is 0.516. The molecule has 0 aliphatic carbocycles. The van der Waals surface area contributed by atoms with Gasteiger partial charge in [-0.1, -0.05) is 23.7 Å². The number of carbonyl (C=O) groups is 2. The molecule has 0 bridgehead atoms. The molecule has 160 valence electrons. The van der Waals surface area contributed by atoms with Crippen LogP contribution >= 0.6 is 11.6 Å². The number of nitrogens with one attached hydrogen (secondary N) is 1. The summed E-state index contributed by atoms with van der Waals surface area (Å²) in [6, 6.07) is 8.31. The Hall–Kier alpha value is -3.34. The summed E-state index contributed by atoms with van der Waals surface area (Å²) in [5.74, 6) is -1.54. The Morgan fingerprint density at radius 1 is 1.23 bits per heavy atom. The number of nitrogens with zero attached hydrogens (tertiary/aromatic N) is 2. The number of benzene rings is 2. The molecule has 0 radical (unpaired) electrons. The average molecular weight is 446 g/mol. The van der Waals surface area contributed by atoms with Crippen LogP contribution in [0.3, 0.4) is 0 Å². The van der Waals surface area contributed by atoms with Crippen molar-refractivity contribution in [2.45, 2.75) is 6.18 Å². The first-order valence-electron chi connectivity index (χ1n) is 8.26. The molecular weight excluding hydrogens is 431 g/mol.